The van der Waals surface area contributed by atoms with E-state index in [-0.39, 0.29) is 11.9 Å². The number of imidazole rings is 1. The normalized spacial score (nSPS) is 12.8. The average Bonchev–Trinajstić information content (AvgIpc) is 2.46. The Morgan fingerprint density at radius 1 is 1.69 bits per heavy atom. The molecule has 0 aliphatic rings. The molecular formula is C9H17N5O2. The Labute approximate surface area is 94.2 Å². The van der Waals surface area contributed by atoms with Gasteiger partial charge >= 0.3 is 5.82 Å². The molecule has 0 saturated carbocycles. The van der Waals surface area contributed by atoms with Gasteiger partial charge in [0.05, 0.1) is 0 Å². The first-order chi connectivity index (χ1) is 7.41. The van der Waals surface area contributed by atoms with Gasteiger partial charge in [0.25, 0.3) is 0 Å². The van der Waals surface area contributed by atoms with E-state index in [4.69, 9.17) is 0 Å². The van der Waals surface area contributed by atoms with Crippen molar-refractivity contribution in [3.8, 4) is 0 Å². The third-order valence-corrected chi connectivity index (χ3v) is 2.11. The van der Waals surface area contributed by atoms with Crippen molar-refractivity contribution in [3.63, 3.8) is 0 Å². The van der Waals surface area contributed by atoms with Crippen LogP contribution in [0, 0.1) is 10.1 Å². The first-order valence-electron chi connectivity index (χ1n) is 4.98. The quantitative estimate of drug-likeness (QED) is 0.591. The molecule has 1 N–H and O–H groups in total. The molecule has 1 heterocycles. The Morgan fingerprint density at radius 3 is 2.81 bits per heavy atom. The third-order valence-electron chi connectivity index (χ3n) is 2.11. The number of nitrogens with zero attached hydrogens (tertiary/aromatic N) is 4. The Balaban J connectivity index is 2.79. The summed E-state index contributed by atoms with van der Waals surface area (Å²) < 4.78 is 1.62. The summed E-state index contributed by atoms with van der Waals surface area (Å²) in [6.07, 6.45) is 1.43. The molecule has 0 saturated heterocycles. The van der Waals surface area contributed by atoms with Crippen LogP contribution in [-0.2, 0) is 7.05 Å². The summed E-state index contributed by atoms with van der Waals surface area (Å²) in [7, 11) is 5.64. The number of hydrogen-bond acceptors (Lipinski definition) is 5. The lowest BCUT2D eigenvalue weighted by Crippen LogP contribution is -2.30. The molecule has 0 aliphatic carbocycles. The molecule has 16 heavy (non-hydrogen) atoms. The minimum Gasteiger partial charge on any atom is -0.361 e. The van der Waals surface area contributed by atoms with Crippen molar-refractivity contribution in [2.75, 3.05) is 26.0 Å². The molecule has 7 heteroatoms. The van der Waals surface area contributed by atoms with Gasteiger partial charge in [-0.1, -0.05) is 0 Å². The first-order valence-corrected chi connectivity index (χ1v) is 4.98. The van der Waals surface area contributed by atoms with E-state index in [0.29, 0.717) is 5.82 Å². The maximum atomic E-state index is 10.7. The van der Waals surface area contributed by atoms with Crippen LogP contribution in [0.25, 0.3) is 0 Å². The Bertz CT molecular complexity index is 374. The van der Waals surface area contributed by atoms with E-state index in [1.807, 2.05) is 25.9 Å². The molecule has 0 aromatic carbocycles. The molecule has 0 spiro atoms. The standard InChI is InChI=1S/C9H17N5O2/c1-7(5-12(2)3)11-9-8(14(15)16)10-6-13(9)4/h6-7,11H,5H2,1-4H3. The summed E-state index contributed by atoms with van der Waals surface area (Å²) in [4.78, 5) is 16.0. The molecule has 0 amide bonds. The van der Waals surface area contributed by atoms with E-state index in [1.165, 1.54) is 6.33 Å². The number of nitrogens with one attached hydrogen (secondary N) is 1. The van der Waals surface area contributed by atoms with Gasteiger partial charge in [-0.2, -0.15) is 0 Å². The van der Waals surface area contributed by atoms with Crippen molar-refractivity contribution in [1.29, 1.82) is 0 Å². The summed E-state index contributed by atoms with van der Waals surface area (Å²) >= 11 is 0. The van der Waals surface area contributed by atoms with Gasteiger partial charge < -0.3 is 20.3 Å². The van der Waals surface area contributed by atoms with Crippen LogP contribution in [0.15, 0.2) is 6.33 Å². The summed E-state index contributed by atoms with van der Waals surface area (Å²) in [5.74, 6) is 0.312. The molecule has 0 aliphatic heterocycles. The maximum absolute atomic E-state index is 10.7. The van der Waals surface area contributed by atoms with Crippen molar-refractivity contribution < 1.29 is 4.92 Å². The highest BCUT2D eigenvalue weighted by Gasteiger charge is 2.21. The molecule has 0 bridgehead atoms. The molecular weight excluding hydrogens is 210 g/mol. The van der Waals surface area contributed by atoms with Gasteiger partial charge in [0, 0.05) is 19.6 Å². The Kier molecular flexibility index (Phi) is 3.83. The van der Waals surface area contributed by atoms with Crippen LogP contribution in [0.4, 0.5) is 11.6 Å². The third kappa shape index (κ3) is 2.93. The highest BCUT2D eigenvalue weighted by Crippen LogP contribution is 2.21. The number of nitro groups is 1. The van der Waals surface area contributed by atoms with Gasteiger partial charge in [0.2, 0.25) is 12.1 Å². The molecule has 1 atom stereocenters. The van der Waals surface area contributed by atoms with E-state index < -0.39 is 4.92 Å². The number of rotatable bonds is 5. The summed E-state index contributed by atoms with van der Waals surface area (Å²) in [6.45, 7) is 2.76. The minimum absolute atomic E-state index is 0.115. The zero-order valence-electron chi connectivity index (χ0n) is 9.97. The predicted octanol–water partition coefficient (Wildman–Crippen LogP) is 0.690. The number of anilines is 1. The molecule has 1 unspecified atom stereocenters. The lowest BCUT2D eigenvalue weighted by Gasteiger charge is -2.18. The van der Waals surface area contributed by atoms with Crippen LogP contribution >= 0.6 is 0 Å². The number of aromatic nitrogens is 2. The van der Waals surface area contributed by atoms with Gasteiger partial charge in [-0.25, -0.2) is 0 Å². The minimum atomic E-state index is -0.481. The topological polar surface area (TPSA) is 76.2 Å². The number of hydrogen-bond donors (Lipinski definition) is 1. The maximum Gasteiger partial charge on any atom is 0.406 e. The molecule has 7 nitrogen and oxygen atoms in total. The van der Waals surface area contributed by atoms with Gasteiger partial charge in [0.15, 0.2) is 0 Å². The van der Waals surface area contributed by atoms with Gasteiger partial charge in [-0.15, -0.1) is 0 Å². The molecule has 1 aromatic heterocycles. The fraction of sp³-hybridized carbons (Fsp3) is 0.667. The van der Waals surface area contributed by atoms with E-state index in [2.05, 4.69) is 10.3 Å². The van der Waals surface area contributed by atoms with Crippen LogP contribution < -0.4 is 5.32 Å². The van der Waals surface area contributed by atoms with E-state index in [9.17, 15) is 10.1 Å². The summed E-state index contributed by atoms with van der Waals surface area (Å²) in [6, 6.07) is 0.115. The van der Waals surface area contributed by atoms with Crippen molar-refractivity contribution in [2.24, 2.45) is 7.05 Å². The fourth-order valence-electron chi connectivity index (χ4n) is 1.54. The number of aryl methyl sites for hydroxylation is 1. The molecule has 0 radical (unpaired) electrons. The molecule has 1 aromatic rings. The molecule has 90 valence electrons. The van der Waals surface area contributed by atoms with Gasteiger partial charge in [0.1, 0.15) is 0 Å². The van der Waals surface area contributed by atoms with Crippen molar-refractivity contribution in [3.05, 3.63) is 16.4 Å². The smallest absolute Gasteiger partial charge is 0.361 e. The zero-order chi connectivity index (χ0) is 12.3. The van der Waals surface area contributed by atoms with Crippen LogP contribution in [0.3, 0.4) is 0 Å². The second-order valence-electron chi connectivity index (χ2n) is 4.09. The first kappa shape index (κ1) is 12.4. The van der Waals surface area contributed by atoms with Crippen LogP contribution in [0.5, 0.6) is 0 Å². The summed E-state index contributed by atoms with van der Waals surface area (Å²) in [5, 5.41) is 13.8. The monoisotopic (exact) mass is 227 g/mol. The Hall–Kier alpha value is -1.63. The lowest BCUT2D eigenvalue weighted by atomic mass is 10.3. The molecule has 1 rings (SSSR count). The average molecular weight is 227 g/mol. The van der Waals surface area contributed by atoms with Crippen LogP contribution in [-0.4, -0.2) is 46.1 Å². The predicted molar refractivity (Wildman–Crippen MR) is 61.5 cm³/mol. The van der Waals surface area contributed by atoms with Crippen molar-refractivity contribution >= 4 is 11.6 Å². The zero-order valence-corrected chi connectivity index (χ0v) is 9.97. The SMILES string of the molecule is CC(CN(C)C)Nc1c([N+](=O)[O-])ncn1C. The fourth-order valence-corrected chi connectivity index (χ4v) is 1.54. The van der Waals surface area contributed by atoms with E-state index in [1.54, 1.807) is 11.6 Å². The second-order valence-corrected chi connectivity index (χ2v) is 4.09. The highest BCUT2D eigenvalue weighted by atomic mass is 16.6. The van der Waals surface area contributed by atoms with Gasteiger partial charge in [-0.05, 0) is 30.9 Å². The largest absolute Gasteiger partial charge is 0.406 e. The molecule has 0 fully saturated rings. The van der Waals surface area contributed by atoms with Crippen LogP contribution in [0.1, 0.15) is 6.92 Å². The van der Waals surface area contributed by atoms with E-state index in [0.717, 1.165) is 6.54 Å². The summed E-state index contributed by atoms with van der Waals surface area (Å²) in [5.41, 5.74) is 0. The van der Waals surface area contributed by atoms with Crippen LogP contribution in [0.2, 0.25) is 0 Å². The van der Waals surface area contributed by atoms with Gasteiger partial charge in [-0.3, -0.25) is 4.57 Å². The number of likely N-dealkylation sites (N-methyl/N-ethyl adjacent to an activating group) is 1. The Morgan fingerprint density at radius 2 is 2.31 bits per heavy atom. The lowest BCUT2D eigenvalue weighted by molar-refractivity contribution is -0.388. The van der Waals surface area contributed by atoms with Crippen molar-refractivity contribution in [2.45, 2.75) is 13.0 Å². The second kappa shape index (κ2) is 4.93. The van der Waals surface area contributed by atoms with E-state index >= 15 is 0 Å². The highest BCUT2D eigenvalue weighted by molar-refractivity contribution is 5.52. The van der Waals surface area contributed by atoms with Crippen molar-refractivity contribution in [1.82, 2.24) is 14.5 Å².